The predicted octanol–water partition coefficient (Wildman–Crippen LogP) is -9.16. The van der Waals surface area contributed by atoms with E-state index in [-0.39, 0.29) is 25.2 Å². The summed E-state index contributed by atoms with van der Waals surface area (Å²) in [6, 6.07) is 0. The number of carbonyl (C=O) groups excluding carboxylic acids is 2. The average Bonchev–Trinajstić information content (AvgIpc) is 0.668. The highest BCUT2D eigenvalue weighted by atomic mass is 16.8. The number of aliphatic hydroxyl groups excluding tert-OH is 22. The zero-order valence-electron chi connectivity index (χ0n) is 66.4. The van der Waals surface area contributed by atoms with Crippen LogP contribution in [0.5, 0.6) is 0 Å². The van der Waals surface area contributed by atoms with E-state index in [9.17, 15) is 127 Å². The molecule has 13 rings (SSSR count). The standard InChI is InChI=1S/C76H120O42/c1-25-38(83)47(92)59(116-67-54(99)57(114-65-51(96)45(90)41(86)31(20-78)108-65)55(26(2)106-67)112-62-48(93)39(84)29(81)22-103-62)68(105-25)118-70(102)76-16-15-71(3,4)17-28(76)27-9-10-35-72(5)13-12-37(73(6,24-80)34(72)11-14-74(35,7)75(27,8)18-36(76)82)111-69-60(117-66-52(97)46(91)42(87)32(21-79)109-66)56(53(98)58(115-69)61(100)101)113-63-49(94)43(88)33(23-104-63)110-64-50(95)44(89)40(85)30(19-77)107-64/h9,24-26,28-60,62-69,77-79,81-99H,10-23H2,1-8H3,(H,100,101)/t25-,26+,28+,29-,30+,31-,32-,33-,34-,35-,36-,37+,38+,39+,40-,41-,42+,43+,44-,45+,46+,47+,48-,49-,50+,51-,52-,53+,54-,55+,56+,57+,58+,59-,60-,62+,63+,64+,65+,66+,67+,68+,69-,72+,73+,74-,75-,76-/m1/s1. The first-order chi connectivity index (χ1) is 55.4. The molecule has 0 aromatic carbocycles. The lowest BCUT2D eigenvalue weighted by Gasteiger charge is -2.71. The molecule has 13 aliphatic rings. The van der Waals surface area contributed by atoms with Gasteiger partial charge in [0, 0.05) is 0 Å². The van der Waals surface area contributed by atoms with Crippen molar-refractivity contribution in [3.8, 4) is 0 Å². The van der Waals surface area contributed by atoms with Crippen LogP contribution < -0.4 is 0 Å². The molecule has 0 radical (unpaired) electrons. The molecule has 8 heterocycles. The van der Waals surface area contributed by atoms with Gasteiger partial charge in [-0.15, -0.1) is 0 Å². The molecule has 0 aromatic rings. The van der Waals surface area contributed by atoms with Crippen LogP contribution in [0.3, 0.4) is 0 Å². The Bertz CT molecular complexity index is 3470. The summed E-state index contributed by atoms with van der Waals surface area (Å²) in [5.41, 5.74) is -5.31. The Kier molecular flexibility index (Phi) is 27.6. The number of esters is 1. The van der Waals surface area contributed by atoms with Crippen LogP contribution in [-0.2, 0) is 90.2 Å². The van der Waals surface area contributed by atoms with E-state index < -0.39 is 335 Å². The van der Waals surface area contributed by atoms with Gasteiger partial charge in [0.2, 0.25) is 6.29 Å². The van der Waals surface area contributed by atoms with Gasteiger partial charge in [-0.3, -0.25) is 4.79 Å². The van der Waals surface area contributed by atoms with Gasteiger partial charge >= 0.3 is 11.9 Å². The van der Waals surface area contributed by atoms with E-state index in [0.29, 0.717) is 38.5 Å². The topological polar surface area (TPSA) is 664 Å². The van der Waals surface area contributed by atoms with Crippen molar-refractivity contribution in [2.24, 2.45) is 50.2 Å². The van der Waals surface area contributed by atoms with Gasteiger partial charge in [-0.25, -0.2) is 4.79 Å². The number of ether oxygens (including phenoxy) is 16. The maximum Gasteiger partial charge on any atom is 0.335 e. The molecule has 48 atom stereocenters. The van der Waals surface area contributed by atoms with Gasteiger partial charge in [0.15, 0.2) is 56.2 Å². The van der Waals surface area contributed by atoms with Crippen LogP contribution in [0.2, 0.25) is 0 Å². The summed E-state index contributed by atoms with van der Waals surface area (Å²) in [6.45, 7) is 10.8. The second-order valence-corrected chi connectivity index (χ2v) is 36.4. The molecule has 8 aliphatic heterocycles. The van der Waals surface area contributed by atoms with E-state index in [0.717, 1.165) is 11.9 Å². The van der Waals surface area contributed by atoms with Gasteiger partial charge in [0.1, 0.15) is 170 Å². The molecule has 5 aliphatic carbocycles. The van der Waals surface area contributed by atoms with E-state index in [4.69, 9.17) is 75.8 Å². The summed E-state index contributed by atoms with van der Waals surface area (Å²) in [4.78, 5) is 43.7. The third-order valence-electron chi connectivity index (χ3n) is 29.0. The van der Waals surface area contributed by atoms with E-state index >= 15 is 4.79 Å². The zero-order valence-corrected chi connectivity index (χ0v) is 66.4. The second-order valence-electron chi connectivity index (χ2n) is 36.4. The molecular formula is C76H120O42. The molecule has 23 N–H and O–H groups in total. The van der Waals surface area contributed by atoms with Crippen LogP contribution in [-0.4, -0.2) is 414 Å². The fourth-order valence-corrected chi connectivity index (χ4v) is 21.7. The number of aldehydes is 1. The Morgan fingerprint density at radius 2 is 0.949 bits per heavy atom. The zero-order chi connectivity index (χ0) is 86.2. The average molecular weight is 1710 g/mol. The molecule has 0 amide bonds. The number of aliphatic hydroxyl groups is 22. The normalized spacial score (nSPS) is 54.9. The minimum atomic E-state index is -2.34. The summed E-state index contributed by atoms with van der Waals surface area (Å²) in [5.74, 6) is -4.39. The number of aliphatic carboxylic acids is 1. The van der Waals surface area contributed by atoms with Gasteiger partial charge < -0.3 is 198 Å². The van der Waals surface area contributed by atoms with Crippen molar-refractivity contribution in [1.29, 1.82) is 0 Å². The van der Waals surface area contributed by atoms with Crippen molar-refractivity contribution in [2.75, 3.05) is 33.0 Å². The quantitative estimate of drug-likeness (QED) is 0.0220. The number of allylic oxidation sites excluding steroid dienone is 2. The largest absolute Gasteiger partial charge is 0.479 e. The molecule has 676 valence electrons. The van der Waals surface area contributed by atoms with Gasteiger partial charge in [0.05, 0.1) is 62.9 Å². The lowest BCUT2D eigenvalue weighted by atomic mass is 9.33. The Hall–Kier alpha value is -3.13. The highest BCUT2D eigenvalue weighted by molar-refractivity contribution is 5.80. The Labute approximate surface area is 677 Å². The molecule has 0 bridgehead atoms. The van der Waals surface area contributed by atoms with E-state index in [1.165, 1.54) is 13.8 Å². The van der Waals surface area contributed by atoms with Crippen molar-refractivity contribution >= 4 is 18.2 Å². The molecule has 0 unspecified atom stereocenters. The maximum absolute atomic E-state index is 16.0. The summed E-state index contributed by atoms with van der Waals surface area (Å²) in [5, 5.41) is 254. The molecule has 42 nitrogen and oxygen atoms in total. The van der Waals surface area contributed by atoms with Crippen LogP contribution in [0, 0.1) is 50.2 Å². The molecule has 4 saturated carbocycles. The van der Waals surface area contributed by atoms with Crippen LogP contribution in [0.25, 0.3) is 0 Å². The Balaban J connectivity index is 0.760. The molecular weight excluding hydrogens is 1580 g/mol. The van der Waals surface area contributed by atoms with Crippen LogP contribution in [0.4, 0.5) is 0 Å². The maximum atomic E-state index is 16.0. The molecule has 42 heteroatoms. The number of fused-ring (bicyclic) bond motifs is 7. The summed E-state index contributed by atoms with van der Waals surface area (Å²) >= 11 is 0. The number of carboxylic acid groups (broad SMARTS) is 1. The fraction of sp³-hybridized carbons (Fsp3) is 0.934. The number of carboxylic acids is 1. The predicted molar refractivity (Wildman–Crippen MR) is 381 cm³/mol. The molecule has 118 heavy (non-hydrogen) atoms. The van der Waals surface area contributed by atoms with Crippen molar-refractivity contribution in [1.82, 2.24) is 0 Å². The summed E-state index contributed by atoms with van der Waals surface area (Å²) in [6.07, 6.45) is -69.6. The first-order valence-corrected chi connectivity index (χ1v) is 40.5. The van der Waals surface area contributed by atoms with E-state index in [1.54, 1.807) is 6.92 Å². The van der Waals surface area contributed by atoms with Crippen LogP contribution in [0.15, 0.2) is 11.6 Å². The smallest absolute Gasteiger partial charge is 0.335 e. The van der Waals surface area contributed by atoms with Gasteiger partial charge in [-0.2, -0.15) is 0 Å². The van der Waals surface area contributed by atoms with E-state index in [2.05, 4.69) is 26.8 Å². The molecule has 12 fully saturated rings. The van der Waals surface area contributed by atoms with Crippen LogP contribution in [0.1, 0.15) is 113 Å². The van der Waals surface area contributed by atoms with Gasteiger partial charge in [-0.1, -0.05) is 53.2 Å². The number of carbonyl (C=O) groups is 3. The SMILES string of the molecule is C[C@@H]1O[C@@H](O[C@H]2[C@H](OC(=O)[C@]34CCC(C)(C)C[C@H]3C3=CC[C@@H]5[C@@]6(C)CC[C@H](O[C@@H]7O[C@H](C(=O)O)[C@@H](O)[C@H](O[C@@H]8OC[C@@H](O[C@@H]9O[C@@H](CO)[C@@H](O)[C@@H](O)[C@@H]9O)[C@H](O)[C@H]8O)[C@H]7O[C@@H]7O[C@H](CO)[C@H](O)[C@H](O)[C@H]7O)[C@@](C)(C=O)[C@@H]6CC[C@@]5(C)[C@]3(C)C[C@H]4O)O[C@H](C)[C@H](O)[C@@H]2O)[C@H](O)[C@H](O[C@@H]2O[C@H](CO)[C@@H](O)[C@H](O)[C@H]2O)[C@H]1O[C@@H]1OC[C@@H](O)[C@H](O)[C@H]1O. The number of hydrogen-bond donors (Lipinski definition) is 23. The Morgan fingerprint density at radius 1 is 0.449 bits per heavy atom. The first-order valence-electron chi connectivity index (χ1n) is 40.5. The minimum absolute atomic E-state index is 0.0207. The number of rotatable bonds is 21. The van der Waals surface area contributed by atoms with E-state index in [1.807, 2.05) is 13.8 Å². The highest BCUT2D eigenvalue weighted by Gasteiger charge is 2.74. The molecule has 0 aromatic heterocycles. The fourth-order valence-electron chi connectivity index (χ4n) is 21.7. The highest BCUT2D eigenvalue weighted by Crippen LogP contribution is 2.76. The number of hydrogen-bond acceptors (Lipinski definition) is 41. The van der Waals surface area contributed by atoms with Crippen molar-refractivity contribution in [2.45, 2.75) is 359 Å². The van der Waals surface area contributed by atoms with Crippen molar-refractivity contribution < 1.29 is 208 Å². The van der Waals surface area contributed by atoms with Crippen molar-refractivity contribution in [3.63, 3.8) is 0 Å². The van der Waals surface area contributed by atoms with Gasteiger partial charge in [0.25, 0.3) is 0 Å². The lowest BCUT2D eigenvalue weighted by Crippen LogP contribution is -2.69. The molecule has 0 spiro atoms. The minimum Gasteiger partial charge on any atom is -0.479 e. The Morgan fingerprint density at radius 3 is 1.52 bits per heavy atom. The molecule has 8 saturated heterocycles. The summed E-state index contributed by atoms with van der Waals surface area (Å²) < 4.78 is 96.5. The summed E-state index contributed by atoms with van der Waals surface area (Å²) in [7, 11) is 0. The third-order valence-corrected chi connectivity index (χ3v) is 29.0. The lowest BCUT2D eigenvalue weighted by molar-refractivity contribution is -0.395. The third kappa shape index (κ3) is 16.0. The second kappa shape index (κ2) is 35.2. The van der Waals surface area contributed by atoms with Crippen LogP contribution >= 0.6 is 0 Å². The first kappa shape index (κ1) is 92.5. The van der Waals surface area contributed by atoms with Crippen molar-refractivity contribution in [3.05, 3.63) is 11.6 Å². The van der Waals surface area contributed by atoms with Gasteiger partial charge in [-0.05, 0) is 111 Å². The monoisotopic (exact) mass is 1700 g/mol.